The van der Waals surface area contributed by atoms with Crippen molar-refractivity contribution >= 4 is 5.91 Å². The summed E-state index contributed by atoms with van der Waals surface area (Å²) in [6.45, 7) is 2.31. The first-order valence-corrected chi connectivity index (χ1v) is 8.77. The minimum atomic E-state index is -0.308. The number of benzene rings is 2. The summed E-state index contributed by atoms with van der Waals surface area (Å²) in [4.78, 5) is 14.8. The molecule has 1 aromatic heterocycles. The second kappa shape index (κ2) is 8.14. The second-order valence-electron chi connectivity index (χ2n) is 6.63. The number of amides is 1. The standard InChI is InChI=1S/C21H23FN4O/c1-15-19(13-24-26(15)18-11-9-17(22)10-12-18)21(27)23-14-20(25(2)3)16-7-5-4-6-8-16/h4-13,20H,14H2,1-3H3,(H,23,27). The maximum atomic E-state index is 13.1. The molecule has 1 atom stereocenters. The molecule has 0 bridgehead atoms. The lowest BCUT2D eigenvalue weighted by molar-refractivity contribution is 0.0941. The van der Waals surface area contributed by atoms with Gasteiger partial charge in [-0.3, -0.25) is 4.79 Å². The summed E-state index contributed by atoms with van der Waals surface area (Å²) in [6.07, 6.45) is 1.54. The van der Waals surface area contributed by atoms with Crippen molar-refractivity contribution in [3.05, 3.63) is 83.4 Å². The number of hydrogen-bond acceptors (Lipinski definition) is 3. The van der Waals surface area contributed by atoms with Crippen LogP contribution in [0.25, 0.3) is 5.69 Å². The lowest BCUT2D eigenvalue weighted by Crippen LogP contribution is -2.34. The molecule has 1 N–H and O–H groups in total. The molecule has 1 amide bonds. The molecule has 0 aliphatic carbocycles. The minimum Gasteiger partial charge on any atom is -0.350 e. The molecule has 0 saturated carbocycles. The van der Waals surface area contributed by atoms with Crippen molar-refractivity contribution in [1.82, 2.24) is 20.0 Å². The van der Waals surface area contributed by atoms with Crippen molar-refractivity contribution in [2.45, 2.75) is 13.0 Å². The Balaban J connectivity index is 1.74. The zero-order chi connectivity index (χ0) is 19.4. The molecule has 1 heterocycles. The molecule has 5 nitrogen and oxygen atoms in total. The van der Waals surface area contributed by atoms with E-state index in [0.29, 0.717) is 23.5 Å². The van der Waals surface area contributed by atoms with Crippen LogP contribution in [0.15, 0.2) is 60.8 Å². The van der Waals surface area contributed by atoms with Crippen molar-refractivity contribution in [2.75, 3.05) is 20.6 Å². The van der Waals surface area contributed by atoms with E-state index in [4.69, 9.17) is 0 Å². The van der Waals surface area contributed by atoms with Gasteiger partial charge < -0.3 is 10.2 Å². The maximum Gasteiger partial charge on any atom is 0.254 e. The molecule has 1 unspecified atom stereocenters. The Bertz CT molecular complexity index is 904. The lowest BCUT2D eigenvalue weighted by Gasteiger charge is -2.25. The van der Waals surface area contributed by atoms with Gasteiger partial charge in [-0.2, -0.15) is 5.10 Å². The average Bonchev–Trinajstić information content (AvgIpc) is 3.04. The van der Waals surface area contributed by atoms with Gasteiger partial charge in [-0.05, 0) is 50.8 Å². The number of likely N-dealkylation sites (N-methyl/N-ethyl adjacent to an activating group) is 1. The van der Waals surface area contributed by atoms with Gasteiger partial charge in [-0.25, -0.2) is 9.07 Å². The molecule has 2 aromatic carbocycles. The molecule has 27 heavy (non-hydrogen) atoms. The van der Waals surface area contributed by atoms with Gasteiger partial charge in [-0.1, -0.05) is 30.3 Å². The van der Waals surface area contributed by atoms with Gasteiger partial charge in [0, 0.05) is 6.54 Å². The van der Waals surface area contributed by atoms with E-state index >= 15 is 0 Å². The second-order valence-corrected chi connectivity index (χ2v) is 6.63. The van der Waals surface area contributed by atoms with Crippen LogP contribution in [0.2, 0.25) is 0 Å². The smallest absolute Gasteiger partial charge is 0.254 e. The third kappa shape index (κ3) is 4.23. The van der Waals surface area contributed by atoms with Gasteiger partial charge in [0.25, 0.3) is 5.91 Å². The first-order chi connectivity index (χ1) is 13.0. The quantitative estimate of drug-likeness (QED) is 0.728. The van der Waals surface area contributed by atoms with Crippen molar-refractivity contribution in [2.24, 2.45) is 0 Å². The predicted molar refractivity (Wildman–Crippen MR) is 103 cm³/mol. The number of hydrogen-bond donors (Lipinski definition) is 1. The Hall–Kier alpha value is -2.99. The predicted octanol–water partition coefficient (Wildman–Crippen LogP) is 3.35. The third-order valence-corrected chi connectivity index (χ3v) is 4.59. The van der Waals surface area contributed by atoms with E-state index in [1.807, 2.05) is 39.2 Å². The normalized spacial score (nSPS) is 12.2. The van der Waals surface area contributed by atoms with Crippen molar-refractivity contribution in [1.29, 1.82) is 0 Å². The number of halogens is 1. The summed E-state index contributed by atoms with van der Waals surface area (Å²) in [5.74, 6) is -0.485. The SMILES string of the molecule is Cc1c(C(=O)NCC(c2ccccc2)N(C)C)cnn1-c1ccc(F)cc1. The molecule has 6 heteroatoms. The summed E-state index contributed by atoms with van der Waals surface area (Å²) < 4.78 is 14.8. The number of carbonyl (C=O) groups excluding carboxylic acids is 1. The van der Waals surface area contributed by atoms with Crippen LogP contribution < -0.4 is 5.32 Å². The molecular weight excluding hydrogens is 343 g/mol. The zero-order valence-electron chi connectivity index (χ0n) is 15.7. The van der Waals surface area contributed by atoms with Crippen LogP contribution >= 0.6 is 0 Å². The van der Waals surface area contributed by atoms with Gasteiger partial charge in [0.1, 0.15) is 5.82 Å². The van der Waals surface area contributed by atoms with Crippen LogP contribution in [-0.2, 0) is 0 Å². The number of carbonyl (C=O) groups is 1. The van der Waals surface area contributed by atoms with Crippen molar-refractivity contribution < 1.29 is 9.18 Å². The van der Waals surface area contributed by atoms with E-state index in [1.54, 1.807) is 23.0 Å². The van der Waals surface area contributed by atoms with Crippen molar-refractivity contribution in [3.63, 3.8) is 0 Å². The molecule has 0 radical (unpaired) electrons. The molecule has 0 aliphatic rings. The van der Waals surface area contributed by atoms with E-state index < -0.39 is 0 Å². The molecular formula is C21H23FN4O. The van der Waals surface area contributed by atoms with Crippen LogP contribution in [0.3, 0.4) is 0 Å². The van der Waals surface area contributed by atoms with E-state index in [2.05, 4.69) is 27.4 Å². The van der Waals surface area contributed by atoms with Gasteiger partial charge in [0.05, 0.1) is 29.2 Å². The fourth-order valence-electron chi connectivity index (χ4n) is 3.03. The van der Waals surface area contributed by atoms with Gasteiger partial charge in [0.15, 0.2) is 0 Å². The highest BCUT2D eigenvalue weighted by atomic mass is 19.1. The Morgan fingerprint density at radius 2 is 1.81 bits per heavy atom. The van der Waals surface area contributed by atoms with E-state index in [1.165, 1.54) is 12.1 Å². The van der Waals surface area contributed by atoms with Gasteiger partial charge in [0.2, 0.25) is 0 Å². The highest BCUT2D eigenvalue weighted by molar-refractivity contribution is 5.95. The van der Waals surface area contributed by atoms with E-state index in [-0.39, 0.29) is 17.8 Å². The maximum absolute atomic E-state index is 13.1. The Morgan fingerprint density at radius 3 is 2.44 bits per heavy atom. The molecule has 140 valence electrons. The number of rotatable bonds is 6. The molecule has 0 aliphatic heterocycles. The van der Waals surface area contributed by atoms with Crippen LogP contribution in [0.1, 0.15) is 27.7 Å². The Morgan fingerprint density at radius 1 is 1.15 bits per heavy atom. The van der Waals surface area contributed by atoms with Crippen LogP contribution in [0.4, 0.5) is 4.39 Å². The summed E-state index contributed by atoms with van der Waals surface area (Å²) >= 11 is 0. The summed E-state index contributed by atoms with van der Waals surface area (Å²) in [5.41, 5.74) is 3.06. The van der Waals surface area contributed by atoms with E-state index in [0.717, 1.165) is 5.56 Å². The van der Waals surface area contributed by atoms with Gasteiger partial charge >= 0.3 is 0 Å². The Labute approximate surface area is 158 Å². The Kier molecular flexibility index (Phi) is 5.66. The highest BCUT2D eigenvalue weighted by Crippen LogP contribution is 2.18. The highest BCUT2D eigenvalue weighted by Gasteiger charge is 2.19. The average molecular weight is 366 g/mol. The first kappa shape index (κ1) is 18.8. The molecule has 0 spiro atoms. The topological polar surface area (TPSA) is 50.2 Å². The van der Waals surface area contributed by atoms with Crippen LogP contribution in [-0.4, -0.2) is 41.2 Å². The third-order valence-electron chi connectivity index (χ3n) is 4.59. The van der Waals surface area contributed by atoms with Gasteiger partial charge in [-0.15, -0.1) is 0 Å². The zero-order valence-corrected chi connectivity index (χ0v) is 15.7. The fraction of sp³-hybridized carbons (Fsp3) is 0.238. The fourth-order valence-corrected chi connectivity index (χ4v) is 3.03. The number of nitrogens with one attached hydrogen (secondary N) is 1. The summed E-state index contributed by atoms with van der Waals surface area (Å²) in [6, 6.07) is 16.1. The number of aromatic nitrogens is 2. The minimum absolute atomic E-state index is 0.0719. The molecule has 0 fully saturated rings. The van der Waals surface area contributed by atoms with Crippen LogP contribution in [0, 0.1) is 12.7 Å². The first-order valence-electron chi connectivity index (χ1n) is 8.77. The monoisotopic (exact) mass is 366 g/mol. The largest absolute Gasteiger partial charge is 0.350 e. The lowest BCUT2D eigenvalue weighted by atomic mass is 10.1. The molecule has 3 aromatic rings. The molecule has 0 saturated heterocycles. The number of nitrogens with zero attached hydrogens (tertiary/aromatic N) is 3. The van der Waals surface area contributed by atoms with Crippen LogP contribution in [0.5, 0.6) is 0 Å². The summed E-state index contributed by atoms with van der Waals surface area (Å²) in [7, 11) is 3.98. The van der Waals surface area contributed by atoms with E-state index in [9.17, 15) is 9.18 Å². The molecule has 3 rings (SSSR count). The van der Waals surface area contributed by atoms with Crippen molar-refractivity contribution in [3.8, 4) is 5.69 Å². The summed E-state index contributed by atoms with van der Waals surface area (Å²) in [5, 5.41) is 7.28.